The monoisotopic (exact) mass is 525 g/mol. The van der Waals surface area contributed by atoms with Crippen LogP contribution in [0.25, 0.3) is 0 Å². The van der Waals surface area contributed by atoms with Crippen molar-refractivity contribution >= 4 is 24.2 Å². The van der Waals surface area contributed by atoms with Crippen molar-refractivity contribution in [2.45, 2.75) is 98.0 Å². The molecule has 1 aromatic carbocycles. The van der Waals surface area contributed by atoms with Gasteiger partial charge in [-0.1, -0.05) is 26.3 Å². The van der Waals surface area contributed by atoms with Crippen molar-refractivity contribution in [1.29, 1.82) is 0 Å². The van der Waals surface area contributed by atoms with Crippen molar-refractivity contribution in [1.82, 2.24) is 0 Å². The number of carbonyl (C=O) groups is 4. The summed E-state index contributed by atoms with van der Waals surface area (Å²) in [6, 6.07) is 2.78. The zero-order chi connectivity index (χ0) is 28.3. The fraction of sp³-hybridized carbons (Fsp3) is 0.615. The van der Waals surface area contributed by atoms with Gasteiger partial charge in [-0.25, -0.2) is 9.59 Å². The van der Waals surface area contributed by atoms with E-state index >= 15 is 0 Å². The first-order chi connectivity index (χ1) is 17.2. The number of esters is 1. The van der Waals surface area contributed by atoms with E-state index in [-0.39, 0.29) is 30.3 Å². The number of benzene rings is 1. The maximum absolute atomic E-state index is 12.2. The number of aliphatic carboxylic acids is 1. The highest BCUT2D eigenvalue weighted by atomic mass is 16.7. The van der Waals surface area contributed by atoms with Gasteiger partial charge in [-0.15, -0.1) is 0 Å². The highest BCUT2D eigenvalue weighted by Crippen LogP contribution is 2.35. The molecule has 37 heavy (non-hydrogen) atoms. The van der Waals surface area contributed by atoms with Crippen molar-refractivity contribution in [2.75, 3.05) is 0 Å². The van der Waals surface area contributed by atoms with Crippen LogP contribution in [0, 0.1) is 5.92 Å². The van der Waals surface area contributed by atoms with Crippen LogP contribution in [0.2, 0.25) is 0 Å². The number of rotatable bonds is 13. The van der Waals surface area contributed by atoms with Crippen LogP contribution < -0.4 is 15.2 Å². The normalized spacial score (nSPS) is 14.3. The molecule has 0 heterocycles. The Morgan fingerprint density at radius 1 is 0.865 bits per heavy atom. The average Bonchev–Trinajstić information content (AvgIpc) is 2.76. The molecule has 0 aliphatic carbocycles. The number of ether oxygens (including phenoxy) is 5. The summed E-state index contributed by atoms with van der Waals surface area (Å²) in [7, 11) is 0. The predicted molar refractivity (Wildman–Crippen MR) is 134 cm³/mol. The first-order valence-electron chi connectivity index (χ1n) is 12.3. The van der Waals surface area contributed by atoms with Gasteiger partial charge in [0.25, 0.3) is 0 Å². The maximum Gasteiger partial charge on any atom is 0.514 e. The standard InChI is InChI=1S/C26H39NO10/c1-8-16(6)11-22(28)35-17(7)12-19(23(27)24(29)30)18-9-10-20(36-25(31)33-14(2)3)21(13-18)37-26(32)34-15(4)5/h9-10,13-17,19,23H,8,11-12,27H2,1-7H3,(H,29,30)/t16?,17?,19?,23-/m0/s1. The van der Waals surface area contributed by atoms with Gasteiger partial charge in [0, 0.05) is 12.3 Å². The zero-order valence-electron chi connectivity index (χ0n) is 22.5. The van der Waals surface area contributed by atoms with Crippen LogP contribution in [0.4, 0.5) is 9.59 Å². The molecule has 0 amide bonds. The molecule has 0 bridgehead atoms. The lowest BCUT2D eigenvalue weighted by atomic mass is 9.87. The van der Waals surface area contributed by atoms with E-state index in [9.17, 15) is 24.3 Å². The Morgan fingerprint density at radius 3 is 1.89 bits per heavy atom. The average molecular weight is 526 g/mol. The maximum atomic E-state index is 12.2. The van der Waals surface area contributed by atoms with Gasteiger partial charge in [0.2, 0.25) is 0 Å². The molecule has 11 heteroatoms. The largest absolute Gasteiger partial charge is 0.514 e. The van der Waals surface area contributed by atoms with Gasteiger partial charge in [0.15, 0.2) is 11.5 Å². The lowest BCUT2D eigenvalue weighted by molar-refractivity contribution is -0.149. The molecule has 3 N–H and O–H groups in total. The van der Waals surface area contributed by atoms with Gasteiger partial charge in [-0.3, -0.25) is 9.59 Å². The molecule has 0 aromatic heterocycles. The number of carboxylic acids is 1. The van der Waals surface area contributed by atoms with Crippen LogP contribution in [0.5, 0.6) is 11.5 Å². The van der Waals surface area contributed by atoms with E-state index in [1.165, 1.54) is 18.2 Å². The van der Waals surface area contributed by atoms with E-state index < -0.39 is 54.5 Å². The Bertz CT molecular complexity index is 930. The van der Waals surface area contributed by atoms with Crippen molar-refractivity contribution < 1.29 is 48.0 Å². The fourth-order valence-corrected chi connectivity index (χ4v) is 3.30. The van der Waals surface area contributed by atoms with Crippen LogP contribution in [-0.2, 0) is 23.8 Å². The minimum absolute atomic E-state index is 0.0746. The third kappa shape index (κ3) is 11.5. The van der Waals surface area contributed by atoms with Gasteiger partial charge in [-0.05, 0) is 64.7 Å². The van der Waals surface area contributed by atoms with Crippen LogP contribution >= 0.6 is 0 Å². The summed E-state index contributed by atoms with van der Waals surface area (Å²) in [4.78, 5) is 48.2. The highest BCUT2D eigenvalue weighted by Gasteiger charge is 2.30. The van der Waals surface area contributed by atoms with Gasteiger partial charge < -0.3 is 34.5 Å². The summed E-state index contributed by atoms with van der Waals surface area (Å²) in [6.45, 7) is 12.1. The minimum atomic E-state index is -1.37. The smallest absolute Gasteiger partial charge is 0.480 e. The van der Waals surface area contributed by atoms with Crippen molar-refractivity contribution in [3.8, 4) is 11.5 Å². The lowest BCUT2D eigenvalue weighted by Gasteiger charge is -2.25. The number of nitrogens with two attached hydrogens (primary N) is 1. The second-order valence-electron chi connectivity index (χ2n) is 9.47. The van der Waals surface area contributed by atoms with E-state index in [0.29, 0.717) is 5.56 Å². The van der Waals surface area contributed by atoms with Gasteiger partial charge >= 0.3 is 24.2 Å². The van der Waals surface area contributed by atoms with Crippen LogP contribution in [0.15, 0.2) is 18.2 Å². The summed E-state index contributed by atoms with van der Waals surface area (Å²) < 4.78 is 25.9. The minimum Gasteiger partial charge on any atom is -0.480 e. The van der Waals surface area contributed by atoms with Crippen LogP contribution in [0.1, 0.15) is 79.2 Å². The van der Waals surface area contributed by atoms with Crippen LogP contribution in [0.3, 0.4) is 0 Å². The van der Waals surface area contributed by atoms with Crippen molar-refractivity contribution in [3.63, 3.8) is 0 Å². The molecule has 0 radical (unpaired) electrons. The van der Waals surface area contributed by atoms with Crippen molar-refractivity contribution in [3.05, 3.63) is 23.8 Å². The molecule has 0 fully saturated rings. The molecule has 3 unspecified atom stereocenters. The van der Waals surface area contributed by atoms with E-state index in [1.807, 2.05) is 13.8 Å². The van der Waals surface area contributed by atoms with E-state index in [4.69, 9.17) is 29.4 Å². The summed E-state index contributed by atoms with van der Waals surface area (Å²) in [6.07, 6.45) is -2.53. The van der Waals surface area contributed by atoms with Gasteiger partial charge in [-0.2, -0.15) is 0 Å². The molecule has 0 saturated heterocycles. The predicted octanol–water partition coefficient (Wildman–Crippen LogP) is 4.79. The Kier molecular flexibility index (Phi) is 12.9. The van der Waals surface area contributed by atoms with E-state index in [2.05, 4.69) is 0 Å². The summed E-state index contributed by atoms with van der Waals surface area (Å²) >= 11 is 0. The Hall–Kier alpha value is -3.34. The second kappa shape index (κ2) is 15.0. The van der Waals surface area contributed by atoms with Crippen molar-refractivity contribution in [2.24, 2.45) is 11.7 Å². The Balaban J connectivity index is 3.30. The molecule has 1 aromatic rings. The zero-order valence-corrected chi connectivity index (χ0v) is 22.5. The lowest BCUT2D eigenvalue weighted by Crippen LogP contribution is -2.38. The molecular weight excluding hydrogens is 486 g/mol. The fourth-order valence-electron chi connectivity index (χ4n) is 3.30. The first-order valence-corrected chi connectivity index (χ1v) is 12.3. The summed E-state index contributed by atoms with van der Waals surface area (Å²) in [5, 5.41) is 9.61. The summed E-state index contributed by atoms with van der Waals surface area (Å²) in [5.74, 6) is -2.71. The molecule has 0 aliphatic heterocycles. The molecule has 1 rings (SSSR count). The van der Waals surface area contributed by atoms with Crippen LogP contribution in [-0.4, -0.2) is 53.7 Å². The Labute approximate surface area is 217 Å². The topological polar surface area (TPSA) is 161 Å². The van der Waals surface area contributed by atoms with E-state index in [1.54, 1.807) is 34.6 Å². The number of carboxylic acid groups (broad SMARTS) is 1. The third-order valence-electron chi connectivity index (χ3n) is 5.30. The highest BCUT2D eigenvalue weighted by molar-refractivity contribution is 5.75. The Morgan fingerprint density at radius 2 is 1.41 bits per heavy atom. The molecule has 4 atom stereocenters. The molecular formula is C26H39NO10. The van der Waals surface area contributed by atoms with Gasteiger partial charge in [0.1, 0.15) is 6.04 Å². The van der Waals surface area contributed by atoms with Gasteiger partial charge in [0.05, 0.1) is 18.3 Å². The summed E-state index contributed by atoms with van der Waals surface area (Å²) in [5.41, 5.74) is 6.35. The molecule has 208 valence electrons. The number of carbonyl (C=O) groups excluding carboxylic acids is 3. The third-order valence-corrected chi connectivity index (χ3v) is 5.30. The molecule has 0 spiro atoms. The molecule has 0 aliphatic rings. The second-order valence-corrected chi connectivity index (χ2v) is 9.47. The SMILES string of the molecule is CCC(C)CC(=O)OC(C)CC(c1ccc(OC(=O)OC(C)C)c(OC(=O)OC(C)C)c1)[C@H](N)C(=O)O. The number of hydrogen-bond donors (Lipinski definition) is 2. The molecule has 0 saturated carbocycles. The quantitative estimate of drug-likeness (QED) is 0.207. The first kappa shape index (κ1) is 31.7. The molecule has 11 nitrogen and oxygen atoms in total. The number of hydrogen-bond acceptors (Lipinski definition) is 10. The van der Waals surface area contributed by atoms with E-state index in [0.717, 1.165) is 6.42 Å².